The van der Waals surface area contributed by atoms with Gasteiger partial charge in [0.15, 0.2) is 12.6 Å². The summed E-state index contributed by atoms with van der Waals surface area (Å²) in [6, 6.07) is -0.833. The van der Waals surface area contributed by atoms with Crippen molar-refractivity contribution in [1.29, 1.82) is 0 Å². The SMILES string of the molecule is CC/C=C\C/C=C\C/C=C\C/C=C\C/C=C\C/C=C\C/C=C\C/C=C\CCCCCCCCCCCCCCC(=O)NC(COC1OC(CO)C(OC2OC(CO)C(O)C(O)C2O)C(O)C1O)C(O)CCCCCCCCCCC. The molecule has 2 rings (SSSR count). The Kier molecular flexibility index (Phi) is 46.0. The Labute approximate surface area is 483 Å². The van der Waals surface area contributed by atoms with E-state index >= 15 is 0 Å². The molecule has 12 unspecified atom stereocenters. The molecule has 0 bridgehead atoms. The number of allylic oxidation sites excluding steroid dienone is 16. The van der Waals surface area contributed by atoms with Crippen LogP contribution >= 0.6 is 0 Å². The number of carbonyl (C=O) groups is 1. The maximum absolute atomic E-state index is 13.2. The summed E-state index contributed by atoms with van der Waals surface area (Å²) in [5.74, 6) is -0.215. The van der Waals surface area contributed by atoms with E-state index in [1.54, 1.807) is 0 Å². The van der Waals surface area contributed by atoms with Gasteiger partial charge in [0, 0.05) is 6.42 Å². The first kappa shape index (κ1) is 73.0. The fraction of sp³-hybridized carbons (Fsp3) is 0.742. The van der Waals surface area contributed by atoms with Gasteiger partial charge in [-0.1, -0.05) is 233 Å². The van der Waals surface area contributed by atoms with Crippen molar-refractivity contribution in [2.45, 2.75) is 293 Å². The monoisotopic (exact) mass is 1130 g/mol. The molecule has 2 saturated heterocycles. The number of amides is 1. The standard InChI is InChI=1S/C66H113NO13/c1-3-5-7-9-11-13-14-15-16-17-18-19-20-21-22-23-24-25-26-27-28-29-30-31-32-33-34-35-36-37-38-39-40-42-44-46-48-50-58(71)67-54(55(70)49-47-45-43-41-12-10-8-6-4-2)53-77-65-63(76)61(74)64(57(52-69)79-65)80-66-62(75)60(73)59(72)56(51-68)78-66/h5,7,11,13,15-16,18-19,21-22,24-25,27-28,30-31,54-57,59-66,68-70,72-76H,3-4,6,8-10,12,14,17,20,23,26,29,32-53H2,1-2H3,(H,67,71)/b7-5-,13-11-,16-15-,19-18-,22-21-,25-24-,28-27-,31-30-. The van der Waals surface area contributed by atoms with E-state index in [0.29, 0.717) is 12.8 Å². The van der Waals surface area contributed by atoms with Crippen molar-refractivity contribution in [1.82, 2.24) is 5.32 Å². The van der Waals surface area contributed by atoms with Gasteiger partial charge < -0.3 is 65.1 Å². The Morgan fingerprint density at radius 2 is 0.863 bits per heavy atom. The topological polar surface area (TPSA) is 228 Å². The van der Waals surface area contributed by atoms with E-state index in [4.69, 9.17) is 18.9 Å². The lowest BCUT2D eigenvalue weighted by Gasteiger charge is -2.46. The van der Waals surface area contributed by atoms with Crippen LogP contribution in [0, 0.1) is 0 Å². The Morgan fingerprint density at radius 3 is 1.32 bits per heavy atom. The molecule has 1 amide bonds. The van der Waals surface area contributed by atoms with Gasteiger partial charge in [-0.25, -0.2) is 0 Å². The molecule has 9 N–H and O–H groups in total. The van der Waals surface area contributed by atoms with Gasteiger partial charge in [-0.2, -0.15) is 0 Å². The summed E-state index contributed by atoms with van der Waals surface area (Å²) in [6.07, 6.45) is 53.0. The molecule has 14 heteroatoms. The predicted octanol–water partition coefficient (Wildman–Crippen LogP) is 11.4. The zero-order valence-corrected chi connectivity index (χ0v) is 49.5. The molecule has 80 heavy (non-hydrogen) atoms. The number of aliphatic hydroxyl groups excluding tert-OH is 8. The van der Waals surface area contributed by atoms with Gasteiger partial charge in [-0.3, -0.25) is 4.79 Å². The summed E-state index contributed by atoms with van der Waals surface area (Å²) in [6.45, 7) is 2.70. The van der Waals surface area contributed by atoms with Crippen LogP contribution in [0.3, 0.4) is 0 Å². The number of rotatable bonds is 49. The van der Waals surface area contributed by atoms with Crippen molar-refractivity contribution in [2.75, 3.05) is 19.8 Å². The third kappa shape index (κ3) is 35.1. The van der Waals surface area contributed by atoms with Gasteiger partial charge in [-0.15, -0.1) is 0 Å². The summed E-state index contributed by atoms with van der Waals surface area (Å²) in [7, 11) is 0. The van der Waals surface area contributed by atoms with E-state index in [1.807, 2.05) is 0 Å². The first-order chi connectivity index (χ1) is 39.1. The quantitative estimate of drug-likeness (QED) is 0.0204. The molecule has 2 heterocycles. The maximum atomic E-state index is 13.2. The lowest BCUT2D eigenvalue weighted by molar-refractivity contribution is -0.359. The molecule has 0 aliphatic carbocycles. The van der Waals surface area contributed by atoms with Gasteiger partial charge >= 0.3 is 0 Å². The van der Waals surface area contributed by atoms with Crippen LogP contribution in [-0.4, -0.2) is 140 Å². The molecular weight excluding hydrogens is 1010 g/mol. The van der Waals surface area contributed by atoms with E-state index in [1.165, 1.54) is 83.5 Å². The molecule has 14 nitrogen and oxygen atoms in total. The van der Waals surface area contributed by atoms with E-state index in [-0.39, 0.29) is 12.5 Å². The predicted molar refractivity (Wildman–Crippen MR) is 323 cm³/mol. The molecule has 460 valence electrons. The van der Waals surface area contributed by atoms with Crippen LogP contribution in [0.4, 0.5) is 0 Å². The average molecular weight is 1130 g/mol. The van der Waals surface area contributed by atoms with Gasteiger partial charge in [0.1, 0.15) is 48.8 Å². The number of hydrogen-bond acceptors (Lipinski definition) is 13. The first-order valence-corrected chi connectivity index (χ1v) is 31.5. The highest BCUT2D eigenvalue weighted by Gasteiger charge is 2.51. The minimum absolute atomic E-state index is 0.215. The first-order valence-electron chi connectivity index (χ1n) is 31.5. The molecule has 2 aliphatic rings. The van der Waals surface area contributed by atoms with Crippen molar-refractivity contribution in [3.8, 4) is 0 Å². The third-order valence-corrected chi connectivity index (χ3v) is 14.8. The lowest BCUT2D eigenvalue weighted by Crippen LogP contribution is -2.65. The van der Waals surface area contributed by atoms with Crippen molar-refractivity contribution < 1.29 is 64.6 Å². The zero-order valence-electron chi connectivity index (χ0n) is 49.5. The van der Waals surface area contributed by atoms with E-state index in [9.17, 15) is 45.6 Å². The van der Waals surface area contributed by atoms with Crippen molar-refractivity contribution in [3.05, 3.63) is 97.2 Å². The number of aliphatic hydroxyl groups is 8. The molecule has 12 atom stereocenters. The van der Waals surface area contributed by atoms with Crippen LogP contribution in [0.5, 0.6) is 0 Å². The number of nitrogens with one attached hydrogen (secondary N) is 1. The number of hydrogen-bond donors (Lipinski definition) is 9. The molecule has 0 aromatic carbocycles. The number of ether oxygens (including phenoxy) is 4. The Balaban J connectivity index is 1.59. The van der Waals surface area contributed by atoms with Crippen LogP contribution in [0.25, 0.3) is 0 Å². The highest BCUT2D eigenvalue weighted by Crippen LogP contribution is 2.30. The van der Waals surface area contributed by atoms with Crippen molar-refractivity contribution in [2.24, 2.45) is 0 Å². The van der Waals surface area contributed by atoms with E-state index in [2.05, 4.69) is 116 Å². The maximum Gasteiger partial charge on any atom is 0.220 e. The summed E-state index contributed by atoms with van der Waals surface area (Å²) in [5, 5.41) is 87.0. The Morgan fingerprint density at radius 1 is 0.463 bits per heavy atom. The second kappa shape index (κ2) is 50.4. The second-order valence-corrected chi connectivity index (χ2v) is 21.8. The normalized spacial score (nSPS) is 24.9. The van der Waals surface area contributed by atoms with Crippen LogP contribution in [0.15, 0.2) is 97.2 Å². The highest BCUT2D eigenvalue weighted by atomic mass is 16.7. The third-order valence-electron chi connectivity index (χ3n) is 14.8. The van der Waals surface area contributed by atoms with E-state index < -0.39 is 86.8 Å². The Hall–Kier alpha value is -3.09. The van der Waals surface area contributed by atoms with Gasteiger partial charge in [0.05, 0.1) is 32.0 Å². The molecule has 2 aliphatic heterocycles. The second-order valence-electron chi connectivity index (χ2n) is 21.8. The summed E-state index contributed by atoms with van der Waals surface area (Å²) < 4.78 is 22.8. The lowest BCUT2D eigenvalue weighted by atomic mass is 9.97. The fourth-order valence-electron chi connectivity index (χ4n) is 9.78. The van der Waals surface area contributed by atoms with Crippen molar-refractivity contribution >= 4 is 5.91 Å². The highest BCUT2D eigenvalue weighted by molar-refractivity contribution is 5.76. The van der Waals surface area contributed by atoms with Gasteiger partial charge in [-0.05, 0) is 77.0 Å². The summed E-state index contributed by atoms with van der Waals surface area (Å²) in [5.41, 5.74) is 0. The summed E-state index contributed by atoms with van der Waals surface area (Å²) in [4.78, 5) is 13.2. The van der Waals surface area contributed by atoms with E-state index in [0.717, 1.165) is 109 Å². The van der Waals surface area contributed by atoms with Gasteiger partial charge in [0.2, 0.25) is 5.91 Å². The molecule has 2 fully saturated rings. The Bertz CT molecular complexity index is 1710. The van der Waals surface area contributed by atoms with Crippen LogP contribution in [0.1, 0.15) is 219 Å². The molecular formula is C66H113NO13. The number of unbranched alkanes of at least 4 members (excludes halogenated alkanes) is 20. The molecule has 0 aromatic heterocycles. The molecule has 0 aromatic rings. The van der Waals surface area contributed by atoms with Crippen molar-refractivity contribution in [3.63, 3.8) is 0 Å². The van der Waals surface area contributed by atoms with Crippen LogP contribution in [-0.2, 0) is 23.7 Å². The minimum Gasteiger partial charge on any atom is -0.394 e. The minimum atomic E-state index is -1.78. The average Bonchev–Trinajstić information content (AvgIpc) is 3.49. The summed E-state index contributed by atoms with van der Waals surface area (Å²) >= 11 is 0. The van der Waals surface area contributed by atoms with Crippen LogP contribution < -0.4 is 5.32 Å². The molecule has 0 spiro atoms. The van der Waals surface area contributed by atoms with Gasteiger partial charge in [0.25, 0.3) is 0 Å². The smallest absolute Gasteiger partial charge is 0.220 e. The zero-order chi connectivity index (χ0) is 58.1. The largest absolute Gasteiger partial charge is 0.394 e. The molecule has 0 radical (unpaired) electrons. The fourth-order valence-corrected chi connectivity index (χ4v) is 9.78. The van der Waals surface area contributed by atoms with Crippen LogP contribution in [0.2, 0.25) is 0 Å². The number of carbonyl (C=O) groups excluding carboxylic acids is 1. The molecule has 0 saturated carbocycles.